The van der Waals surface area contributed by atoms with Crippen LogP contribution in [0.5, 0.6) is 0 Å². The van der Waals surface area contributed by atoms with Crippen molar-refractivity contribution in [2.24, 2.45) is 0 Å². The van der Waals surface area contributed by atoms with Gasteiger partial charge in [-0.15, -0.1) is 11.3 Å². The molecule has 2 rings (SSSR count). The van der Waals surface area contributed by atoms with E-state index in [9.17, 15) is 4.79 Å². The molecule has 0 unspecified atom stereocenters. The molecule has 0 radical (unpaired) electrons. The summed E-state index contributed by atoms with van der Waals surface area (Å²) in [6.07, 6.45) is 1.79. The molecule has 0 aliphatic heterocycles. The molecule has 2 aromatic rings. The maximum absolute atomic E-state index is 11.3. The molecule has 0 amide bonds. The lowest BCUT2D eigenvalue weighted by Gasteiger charge is -1.91. The lowest BCUT2D eigenvalue weighted by Crippen LogP contribution is -1.96. The zero-order chi connectivity index (χ0) is 10.8. The summed E-state index contributed by atoms with van der Waals surface area (Å²) in [5.74, 6) is -0.281. The van der Waals surface area contributed by atoms with Crippen LogP contribution in [0.3, 0.4) is 0 Å². The molecule has 2 nitrogen and oxygen atoms in total. The molecule has 0 aliphatic carbocycles. The Hall–Kier alpha value is -1.61. The molecule has 0 spiro atoms. The Bertz CT molecular complexity index is 525. The lowest BCUT2D eigenvalue weighted by molar-refractivity contribution is 0.0606. The van der Waals surface area contributed by atoms with Crippen molar-refractivity contribution in [3.8, 4) is 0 Å². The van der Waals surface area contributed by atoms with Crippen LogP contribution in [-0.2, 0) is 4.74 Å². The topological polar surface area (TPSA) is 26.3 Å². The summed E-state index contributed by atoms with van der Waals surface area (Å²) in [5, 5.41) is 1.05. The van der Waals surface area contributed by atoms with E-state index in [1.165, 1.54) is 18.4 Å². The van der Waals surface area contributed by atoms with Crippen molar-refractivity contribution in [1.29, 1.82) is 0 Å². The number of methoxy groups -OCH3 is 1. The van der Waals surface area contributed by atoms with Crippen molar-refractivity contribution in [1.82, 2.24) is 0 Å². The second-order valence-electron chi connectivity index (χ2n) is 3.10. The number of hydrogen-bond donors (Lipinski definition) is 0. The minimum atomic E-state index is -0.281. The molecule has 0 bridgehead atoms. The number of benzene rings is 1. The van der Waals surface area contributed by atoms with Gasteiger partial charge in [0.25, 0.3) is 0 Å². The number of fused-ring (bicyclic) bond motifs is 1. The highest BCUT2D eigenvalue weighted by molar-refractivity contribution is 7.20. The van der Waals surface area contributed by atoms with E-state index in [0.29, 0.717) is 4.88 Å². The third kappa shape index (κ3) is 1.78. The van der Waals surface area contributed by atoms with Crippen LogP contribution in [0.1, 0.15) is 15.2 Å². The van der Waals surface area contributed by atoms with Crippen molar-refractivity contribution < 1.29 is 9.53 Å². The molecule has 1 aromatic carbocycles. The third-order valence-corrected chi connectivity index (χ3v) is 3.26. The highest BCUT2D eigenvalue weighted by Gasteiger charge is 2.09. The first kappa shape index (κ1) is 9.93. The van der Waals surface area contributed by atoms with Crippen LogP contribution in [0.15, 0.2) is 30.8 Å². The highest BCUT2D eigenvalue weighted by atomic mass is 32.1. The first-order valence-electron chi connectivity index (χ1n) is 4.49. The predicted molar refractivity (Wildman–Crippen MR) is 63.3 cm³/mol. The normalized spacial score (nSPS) is 10.2. The molecule has 0 aliphatic rings. The molecular weight excluding hydrogens is 208 g/mol. The van der Waals surface area contributed by atoms with Crippen LogP contribution in [-0.4, -0.2) is 13.1 Å². The van der Waals surface area contributed by atoms with E-state index < -0.39 is 0 Å². The Morgan fingerprint density at radius 2 is 2.27 bits per heavy atom. The number of thiophene rings is 1. The molecule has 76 valence electrons. The Balaban J connectivity index is 2.55. The summed E-state index contributed by atoms with van der Waals surface area (Å²) in [7, 11) is 1.39. The zero-order valence-corrected chi connectivity index (χ0v) is 9.14. The fourth-order valence-corrected chi connectivity index (χ4v) is 2.35. The fourth-order valence-electron chi connectivity index (χ4n) is 1.39. The first-order valence-corrected chi connectivity index (χ1v) is 5.30. The maximum atomic E-state index is 11.3. The third-order valence-electron chi connectivity index (χ3n) is 2.16. The van der Waals surface area contributed by atoms with Crippen molar-refractivity contribution in [2.75, 3.05) is 7.11 Å². The molecule has 0 atom stereocenters. The van der Waals surface area contributed by atoms with E-state index in [-0.39, 0.29) is 5.97 Å². The van der Waals surface area contributed by atoms with E-state index in [1.807, 2.05) is 24.3 Å². The van der Waals surface area contributed by atoms with E-state index in [1.54, 1.807) is 6.08 Å². The number of ether oxygens (including phenoxy) is 1. The minimum Gasteiger partial charge on any atom is -0.465 e. The molecule has 1 aromatic heterocycles. The van der Waals surface area contributed by atoms with Gasteiger partial charge in [-0.05, 0) is 29.1 Å². The quantitative estimate of drug-likeness (QED) is 0.723. The van der Waals surface area contributed by atoms with Crippen LogP contribution < -0.4 is 0 Å². The molecule has 0 fully saturated rings. The number of hydrogen-bond acceptors (Lipinski definition) is 3. The highest BCUT2D eigenvalue weighted by Crippen LogP contribution is 2.27. The second-order valence-corrected chi connectivity index (χ2v) is 4.19. The van der Waals surface area contributed by atoms with Gasteiger partial charge in [0.2, 0.25) is 0 Å². The van der Waals surface area contributed by atoms with Crippen molar-refractivity contribution >= 4 is 33.5 Å². The molecular formula is C12H10O2S. The average Bonchev–Trinajstić information content (AvgIpc) is 2.70. The largest absolute Gasteiger partial charge is 0.465 e. The van der Waals surface area contributed by atoms with E-state index in [4.69, 9.17) is 0 Å². The van der Waals surface area contributed by atoms with Crippen LogP contribution >= 0.6 is 11.3 Å². The Labute approximate surface area is 91.8 Å². The Morgan fingerprint density at radius 3 is 2.93 bits per heavy atom. The van der Waals surface area contributed by atoms with Crippen molar-refractivity contribution in [3.63, 3.8) is 0 Å². The number of rotatable bonds is 2. The first-order chi connectivity index (χ1) is 7.24. The fraction of sp³-hybridized carbons (Fsp3) is 0.0833. The predicted octanol–water partition coefficient (Wildman–Crippen LogP) is 3.33. The summed E-state index contributed by atoms with van der Waals surface area (Å²) in [4.78, 5) is 11.9. The van der Waals surface area contributed by atoms with Crippen molar-refractivity contribution in [2.45, 2.75) is 0 Å². The van der Waals surface area contributed by atoms with Gasteiger partial charge in [0.1, 0.15) is 4.88 Å². The van der Waals surface area contributed by atoms with Gasteiger partial charge >= 0.3 is 5.97 Å². The van der Waals surface area contributed by atoms with Gasteiger partial charge in [0.05, 0.1) is 7.11 Å². The monoisotopic (exact) mass is 218 g/mol. The average molecular weight is 218 g/mol. The molecule has 3 heteroatoms. The second kappa shape index (κ2) is 3.87. The smallest absolute Gasteiger partial charge is 0.348 e. The summed E-state index contributed by atoms with van der Waals surface area (Å²) >= 11 is 1.44. The maximum Gasteiger partial charge on any atom is 0.348 e. The van der Waals surface area contributed by atoms with E-state index in [0.717, 1.165) is 15.6 Å². The van der Waals surface area contributed by atoms with Gasteiger partial charge in [0, 0.05) is 4.70 Å². The molecule has 0 saturated heterocycles. The van der Waals surface area contributed by atoms with Crippen LogP contribution in [0, 0.1) is 0 Å². The Kier molecular flexibility index (Phi) is 2.56. The van der Waals surface area contributed by atoms with Gasteiger partial charge < -0.3 is 4.74 Å². The number of esters is 1. The summed E-state index contributed by atoms with van der Waals surface area (Å²) in [5.41, 5.74) is 1.05. The zero-order valence-electron chi connectivity index (χ0n) is 8.32. The van der Waals surface area contributed by atoms with E-state index in [2.05, 4.69) is 11.3 Å². The van der Waals surface area contributed by atoms with Crippen molar-refractivity contribution in [3.05, 3.63) is 41.3 Å². The van der Waals surface area contributed by atoms with E-state index >= 15 is 0 Å². The summed E-state index contributed by atoms with van der Waals surface area (Å²) in [6, 6.07) is 7.82. The Morgan fingerprint density at radius 1 is 1.47 bits per heavy atom. The van der Waals surface area contributed by atoms with Gasteiger partial charge in [-0.3, -0.25) is 0 Å². The molecule has 0 N–H and O–H groups in total. The standard InChI is InChI=1S/C12H10O2S/c1-3-8-4-5-10-9(6-8)7-11(15-10)12(13)14-2/h3-7H,1H2,2H3. The number of carbonyl (C=O) groups is 1. The number of carbonyl (C=O) groups excluding carboxylic acids is 1. The summed E-state index contributed by atoms with van der Waals surface area (Å²) in [6.45, 7) is 3.71. The molecule has 1 heterocycles. The van der Waals surface area contributed by atoms with Gasteiger partial charge in [-0.1, -0.05) is 18.7 Å². The minimum absolute atomic E-state index is 0.281. The van der Waals surface area contributed by atoms with Crippen LogP contribution in [0.2, 0.25) is 0 Å². The van der Waals surface area contributed by atoms with Crippen LogP contribution in [0.25, 0.3) is 16.2 Å². The van der Waals surface area contributed by atoms with Gasteiger partial charge in [-0.25, -0.2) is 4.79 Å². The SMILES string of the molecule is C=Cc1ccc2sc(C(=O)OC)cc2c1. The van der Waals surface area contributed by atoms with Crippen LogP contribution in [0.4, 0.5) is 0 Å². The molecule has 0 saturated carbocycles. The summed E-state index contributed by atoms with van der Waals surface area (Å²) < 4.78 is 5.76. The lowest BCUT2D eigenvalue weighted by atomic mass is 10.1. The molecule has 15 heavy (non-hydrogen) atoms. The van der Waals surface area contributed by atoms with Gasteiger partial charge in [-0.2, -0.15) is 0 Å². The van der Waals surface area contributed by atoms with Gasteiger partial charge in [0.15, 0.2) is 0 Å².